The minimum absolute atomic E-state index is 0.642. The predicted octanol–water partition coefficient (Wildman–Crippen LogP) is 2.72. The number of nitrogens with one attached hydrogen (secondary N) is 1. The summed E-state index contributed by atoms with van der Waals surface area (Å²) in [6.45, 7) is 8.06. The Bertz CT molecular complexity index is 302. The summed E-state index contributed by atoms with van der Waals surface area (Å²) in [5.74, 6) is 1.94. The van der Waals surface area contributed by atoms with Crippen molar-refractivity contribution in [3.63, 3.8) is 0 Å². The minimum atomic E-state index is 0.642. The molecule has 0 aliphatic carbocycles. The van der Waals surface area contributed by atoms with Crippen LogP contribution in [0.5, 0.6) is 5.88 Å². The lowest BCUT2D eigenvalue weighted by molar-refractivity contribution is 0.279. The number of anilines is 1. The molecule has 0 amide bonds. The van der Waals surface area contributed by atoms with E-state index in [1.54, 1.807) is 12.3 Å². The van der Waals surface area contributed by atoms with Crippen molar-refractivity contribution in [2.24, 2.45) is 5.92 Å². The van der Waals surface area contributed by atoms with Crippen LogP contribution in [0.25, 0.3) is 0 Å². The lowest BCUT2D eigenvalue weighted by Gasteiger charge is -2.08. The summed E-state index contributed by atoms with van der Waals surface area (Å²) in [6, 6.07) is 1.79. The molecule has 4 nitrogen and oxygen atoms in total. The monoisotopic (exact) mass is 223 g/mol. The molecule has 0 atom stereocenters. The molecule has 4 heteroatoms. The van der Waals surface area contributed by atoms with Crippen molar-refractivity contribution in [2.45, 2.75) is 33.6 Å². The summed E-state index contributed by atoms with van der Waals surface area (Å²) < 4.78 is 5.55. The average Bonchev–Trinajstić information content (AvgIpc) is 2.26. The lowest BCUT2D eigenvalue weighted by Crippen LogP contribution is -2.07. The van der Waals surface area contributed by atoms with E-state index in [0.717, 1.165) is 19.4 Å². The van der Waals surface area contributed by atoms with E-state index in [0.29, 0.717) is 24.4 Å². The summed E-state index contributed by atoms with van der Waals surface area (Å²) in [5.41, 5.74) is 0. The van der Waals surface area contributed by atoms with Crippen LogP contribution in [0.2, 0.25) is 0 Å². The van der Waals surface area contributed by atoms with Crippen molar-refractivity contribution in [3.8, 4) is 5.88 Å². The van der Waals surface area contributed by atoms with Gasteiger partial charge in [-0.15, -0.1) is 0 Å². The van der Waals surface area contributed by atoms with Gasteiger partial charge in [0, 0.05) is 18.8 Å². The quantitative estimate of drug-likeness (QED) is 0.772. The van der Waals surface area contributed by atoms with Crippen molar-refractivity contribution < 1.29 is 4.74 Å². The molecule has 1 heterocycles. The van der Waals surface area contributed by atoms with Crippen molar-refractivity contribution in [1.82, 2.24) is 9.97 Å². The summed E-state index contributed by atoms with van der Waals surface area (Å²) in [4.78, 5) is 8.38. The summed E-state index contributed by atoms with van der Waals surface area (Å²) in [5, 5.41) is 3.13. The van der Waals surface area contributed by atoms with Crippen LogP contribution in [-0.2, 0) is 0 Å². The number of rotatable bonds is 7. The zero-order chi connectivity index (χ0) is 11.8. The summed E-state index contributed by atoms with van der Waals surface area (Å²) in [7, 11) is 0. The summed E-state index contributed by atoms with van der Waals surface area (Å²) >= 11 is 0. The molecular weight excluding hydrogens is 202 g/mol. The molecule has 1 aromatic rings. The Hall–Kier alpha value is -1.32. The Morgan fingerprint density at radius 3 is 2.94 bits per heavy atom. The molecule has 1 aromatic heterocycles. The molecule has 0 bridgehead atoms. The lowest BCUT2D eigenvalue weighted by atomic mass is 10.1. The van der Waals surface area contributed by atoms with Gasteiger partial charge in [-0.1, -0.05) is 20.8 Å². The molecule has 90 valence electrons. The fraction of sp³-hybridized carbons (Fsp3) is 0.667. The topological polar surface area (TPSA) is 47.0 Å². The standard InChI is InChI=1S/C12H21N3O/c1-4-7-13-12-14-8-5-11(15-12)16-9-6-10(2)3/h5,8,10H,4,6-7,9H2,1-3H3,(H,13,14,15). The van der Waals surface area contributed by atoms with Crippen molar-refractivity contribution in [3.05, 3.63) is 12.3 Å². The molecule has 16 heavy (non-hydrogen) atoms. The number of hydrogen-bond acceptors (Lipinski definition) is 4. The number of nitrogens with zero attached hydrogens (tertiary/aromatic N) is 2. The van der Waals surface area contributed by atoms with Gasteiger partial charge in [-0.2, -0.15) is 4.98 Å². The molecule has 1 rings (SSSR count). The highest BCUT2D eigenvalue weighted by Gasteiger charge is 2.00. The van der Waals surface area contributed by atoms with Gasteiger partial charge in [-0.05, 0) is 18.8 Å². The molecule has 0 aliphatic heterocycles. The Kier molecular flexibility index (Phi) is 5.61. The summed E-state index contributed by atoms with van der Waals surface area (Å²) in [6.07, 6.45) is 3.82. The molecule has 0 radical (unpaired) electrons. The van der Waals surface area contributed by atoms with Gasteiger partial charge in [0.25, 0.3) is 0 Å². The normalized spacial score (nSPS) is 10.5. The van der Waals surface area contributed by atoms with Crippen LogP contribution < -0.4 is 10.1 Å². The molecule has 0 unspecified atom stereocenters. The number of hydrogen-bond donors (Lipinski definition) is 1. The van der Waals surface area contributed by atoms with Crippen LogP contribution >= 0.6 is 0 Å². The number of ether oxygens (including phenoxy) is 1. The van der Waals surface area contributed by atoms with Gasteiger partial charge in [0.2, 0.25) is 11.8 Å². The first-order valence-electron chi connectivity index (χ1n) is 5.92. The fourth-order valence-electron chi connectivity index (χ4n) is 1.14. The van der Waals surface area contributed by atoms with E-state index >= 15 is 0 Å². The smallest absolute Gasteiger partial charge is 0.225 e. The van der Waals surface area contributed by atoms with Crippen LogP contribution in [0.4, 0.5) is 5.95 Å². The third-order valence-corrected chi connectivity index (χ3v) is 2.11. The Labute approximate surface area is 97.5 Å². The first-order valence-corrected chi connectivity index (χ1v) is 5.92. The Morgan fingerprint density at radius 1 is 1.44 bits per heavy atom. The van der Waals surface area contributed by atoms with Gasteiger partial charge in [-0.25, -0.2) is 4.98 Å². The van der Waals surface area contributed by atoms with E-state index in [9.17, 15) is 0 Å². The van der Waals surface area contributed by atoms with E-state index in [1.165, 1.54) is 0 Å². The first-order chi connectivity index (χ1) is 7.72. The van der Waals surface area contributed by atoms with Gasteiger partial charge in [0.15, 0.2) is 0 Å². The minimum Gasteiger partial charge on any atom is -0.478 e. The second kappa shape index (κ2) is 7.04. The molecule has 0 saturated heterocycles. The third-order valence-electron chi connectivity index (χ3n) is 2.11. The highest BCUT2D eigenvalue weighted by Crippen LogP contribution is 2.09. The second-order valence-corrected chi connectivity index (χ2v) is 4.18. The molecule has 0 saturated carbocycles. The third kappa shape index (κ3) is 4.96. The van der Waals surface area contributed by atoms with Gasteiger partial charge < -0.3 is 10.1 Å². The Balaban J connectivity index is 2.40. The van der Waals surface area contributed by atoms with Gasteiger partial charge in [0.1, 0.15) is 0 Å². The van der Waals surface area contributed by atoms with Crippen molar-refractivity contribution >= 4 is 5.95 Å². The SMILES string of the molecule is CCCNc1nccc(OCCC(C)C)n1. The maximum atomic E-state index is 5.55. The van der Waals surface area contributed by atoms with Gasteiger partial charge in [0.05, 0.1) is 6.61 Å². The van der Waals surface area contributed by atoms with E-state index < -0.39 is 0 Å². The van der Waals surface area contributed by atoms with E-state index in [4.69, 9.17) is 4.74 Å². The molecule has 0 spiro atoms. The van der Waals surface area contributed by atoms with Crippen molar-refractivity contribution in [1.29, 1.82) is 0 Å². The second-order valence-electron chi connectivity index (χ2n) is 4.18. The van der Waals surface area contributed by atoms with Crippen molar-refractivity contribution in [2.75, 3.05) is 18.5 Å². The molecule has 0 fully saturated rings. The van der Waals surface area contributed by atoms with Crippen LogP contribution in [-0.4, -0.2) is 23.1 Å². The number of aromatic nitrogens is 2. The van der Waals surface area contributed by atoms with Gasteiger partial charge >= 0.3 is 0 Å². The highest BCUT2D eigenvalue weighted by atomic mass is 16.5. The first kappa shape index (κ1) is 12.7. The Morgan fingerprint density at radius 2 is 2.25 bits per heavy atom. The predicted molar refractivity (Wildman–Crippen MR) is 65.8 cm³/mol. The van der Waals surface area contributed by atoms with Gasteiger partial charge in [-0.3, -0.25) is 0 Å². The maximum Gasteiger partial charge on any atom is 0.225 e. The average molecular weight is 223 g/mol. The molecule has 1 N–H and O–H groups in total. The maximum absolute atomic E-state index is 5.55. The van der Waals surface area contributed by atoms with Crippen LogP contribution in [0.1, 0.15) is 33.6 Å². The molecule has 0 aliphatic rings. The van der Waals surface area contributed by atoms with E-state index in [-0.39, 0.29) is 0 Å². The van der Waals surface area contributed by atoms with Crippen LogP contribution in [0, 0.1) is 5.92 Å². The molecule has 0 aromatic carbocycles. The zero-order valence-corrected chi connectivity index (χ0v) is 10.4. The largest absolute Gasteiger partial charge is 0.478 e. The fourth-order valence-corrected chi connectivity index (χ4v) is 1.14. The van der Waals surface area contributed by atoms with E-state index in [2.05, 4.69) is 36.1 Å². The zero-order valence-electron chi connectivity index (χ0n) is 10.4. The molecular formula is C12H21N3O. The van der Waals surface area contributed by atoms with Crippen LogP contribution in [0.15, 0.2) is 12.3 Å². The van der Waals surface area contributed by atoms with Crippen LogP contribution in [0.3, 0.4) is 0 Å². The highest BCUT2D eigenvalue weighted by molar-refractivity contribution is 5.27. The van der Waals surface area contributed by atoms with E-state index in [1.807, 2.05) is 0 Å².